The second-order valence-electron chi connectivity index (χ2n) is 5.06. The molecular weight excluding hydrogens is 198 g/mol. The monoisotopic (exact) mass is 225 g/mol. The Labute approximate surface area is 100 Å². The van der Waals surface area contributed by atoms with E-state index in [1.807, 2.05) is 6.92 Å². The lowest BCUT2D eigenvalue weighted by molar-refractivity contribution is -0.136. The van der Waals surface area contributed by atoms with Crippen LogP contribution in [0.5, 0.6) is 0 Å². The predicted octanol–water partition coefficient (Wildman–Crippen LogP) is 3.75. The number of hydrogen-bond acceptors (Lipinski definition) is 1. The van der Waals surface area contributed by atoms with Gasteiger partial charge in [-0.1, -0.05) is 39.5 Å². The molecule has 1 atom stereocenters. The van der Waals surface area contributed by atoms with Crippen LogP contribution in [-0.4, -0.2) is 22.9 Å². The Balaban J connectivity index is 2.69. The standard InChI is InChI=1S/C14H27NO/c1-4-12(3)15(14(16)5-2)13-10-8-6-7-9-11-13/h12-13H,4-11H2,1-3H3. The fourth-order valence-corrected chi connectivity index (χ4v) is 2.72. The minimum Gasteiger partial charge on any atom is -0.337 e. The van der Waals surface area contributed by atoms with Gasteiger partial charge in [-0.2, -0.15) is 0 Å². The van der Waals surface area contributed by atoms with Crippen LogP contribution in [0.4, 0.5) is 0 Å². The topological polar surface area (TPSA) is 20.3 Å². The van der Waals surface area contributed by atoms with E-state index in [0.29, 0.717) is 24.4 Å². The number of amides is 1. The first kappa shape index (κ1) is 13.5. The van der Waals surface area contributed by atoms with Crippen LogP contribution in [0.1, 0.15) is 72.1 Å². The molecule has 1 fully saturated rings. The van der Waals surface area contributed by atoms with Gasteiger partial charge in [-0.15, -0.1) is 0 Å². The maximum atomic E-state index is 12.0. The summed E-state index contributed by atoms with van der Waals surface area (Å²) < 4.78 is 0. The number of rotatable bonds is 4. The van der Waals surface area contributed by atoms with Gasteiger partial charge in [0.1, 0.15) is 0 Å². The van der Waals surface area contributed by atoms with Gasteiger partial charge in [-0.3, -0.25) is 4.79 Å². The maximum Gasteiger partial charge on any atom is 0.222 e. The van der Waals surface area contributed by atoms with E-state index < -0.39 is 0 Å². The summed E-state index contributed by atoms with van der Waals surface area (Å²) >= 11 is 0. The molecule has 1 saturated carbocycles. The average molecular weight is 225 g/mol. The van der Waals surface area contributed by atoms with Crippen LogP contribution in [0.2, 0.25) is 0 Å². The zero-order valence-corrected chi connectivity index (χ0v) is 11.2. The van der Waals surface area contributed by atoms with Crippen molar-refractivity contribution in [2.45, 2.75) is 84.2 Å². The molecule has 0 spiro atoms. The largest absolute Gasteiger partial charge is 0.337 e. The molecule has 0 radical (unpaired) electrons. The van der Waals surface area contributed by atoms with E-state index in [4.69, 9.17) is 0 Å². The molecule has 0 aromatic heterocycles. The Morgan fingerprint density at radius 2 is 1.75 bits per heavy atom. The number of carbonyl (C=O) groups excluding carboxylic acids is 1. The Kier molecular flexibility index (Phi) is 5.86. The third-order valence-corrected chi connectivity index (χ3v) is 3.87. The first-order chi connectivity index (χ1) is 7.70. The summed E-state index contributed by atoms with van der Waals surface area (Å²) in [5.41, 5.74) is 0. The summed E-state index contributed by atoms with van der Waals surface area (Å²) in [6.45, 7) is 6.35. The highest BCUT2D eigenvalue weighted by Crippen LogP contribution is 2.24. The fourth-order valence-electron chi connectivity index (χ4n) is 2.72. The van der Waals surface area contributed by atoms with Crippen LogP contribution in [-0.2, 0) is 4.79 Å². The van der Waals surface area contributed by atoms with Crippen molar-refractivity contribution < 1.29 is 4.79 Å². The molecule has 1 aliphatic carbocycles. The Bertz CT molecular complexity index is 207. The van der Waals surface area contributed by atoms with Crippen molar-refractivity contribution in [3.8, 4) is 0 Å². The highest BCUT2D eigenvalue weighted by molar-refractivity contribution is 5.76. The first-order valence-corrected chi connectivity index (χ1v) is 7.01. The van der Waals surface area contributed by atoms with Gasteiger partial charge in [-0.25, -0.2) is 0 Å². The van der Waals surface area contributed by atoms with Crippen molar-refractivity contribution >= 4 is 5.91 Å². The van der Waals surface area contributed by atoms with E-state index in [9.17, 15) is 4.79 Å². The van der Waals surface area contributed by atoms with Crippen molar-refractivity contribution in [2.75, 3.05) is 0 Å². The van der Waals surface area contributed by atoms with Gasteiger partial charge in [-0.05, 0) is 26.2 Å². The molecule has 1 rings (SSSR count). The molecule has 0 aromatic rings. The number of carbonyl (C=O) groups is 1. The summed E-state index contributed by atoms with van der Waals surface area (Å²) in [5.74, 6) is 0.348. The number of nitrogens with zero attached hydrogens (tertiary/aromatic N) is 1. The second-order valence-corrected chi connectivity index (χ2v) is 5.06. The summed E-state index contributed by atoms with van der Waals surface area (Å²) in [4.78, 5) is 14.2. The lowest BCUT2D eigenvalue weighted by atomic mass is 10.0. The molecule has 2 heteroatoms. The van der Waals surface area contributed by atoms with Crippen LogP contribution in [0.3, 0.4) is 0 Å². The number of hydrogen-bond donors (Lipinski definition) is 0. The Morgan fingerprint density at radius 1 is 1.19 bits per heavy atom. The smallest absolute Gasteiger partial charge is 0.222 e. The second kappa shape index (κ2) is 6.93. The zero-order chi connectivity index (χ0) is 12.0. The van der Waals surface area contributed by atoms with Crippen molar-refractivity contribution in [1.29, 1.82) is 0 Å². The molecule has 1 amide bonds. The van der Waals surface area contributed by atoms with Gasteiger partial charge < -0.3 is 4.90 Å². The summed E-state index contributed by atoms with van der Waals surface area (Å²) in [6.07, 6.45) is 9.47. The zero-order valence-electron chi connectivity index (χ0n) is 11.2. The molecule has 0 bridgehead atoms. The van der Waals surface area contributed by atoms with Gasteiger partial charge in [0.05, 0.1) is 0 Å². The van der Waals surface area contributed by atoms with Crippen molar-refractivity contribution in [1.82, 2.24) is 4.90 Å². The highest BCUT2D eigenvalue weighted by Gasteiger charge is 2.26. The summed E-state index contributed by atoms with van der Waals surface area (Å²) in [5, 5.41) is 0. The van der Waals surface area contributed by atoms with E-state index >= 15 is 0 Å². The molecule has 2 nitrogen and oxygen atoms in total. The van der Waals surface area contributed by atoms with Crippen LogP contribution >= 0.6 is 0 Å². The van der Waals surface area contributed by atoms with Crippen LogP contribution < -0.4 is 0 Å². The molecule has 94 valence electrons. The van der Waals surface area contributed by atoms with Crippen LogP contribution in [0, 0.1) is 0 Å². The third kappa shape index (κ3) is 3.50. The minimum atomic E-state index is 0.348. The fraction of sp³-hybridized carbons (Fsp3) is 0.929. The van der Waals surface area contributed by atoms with Gasteiger partial charge >= 0.3 is 0 Å². The van der Waals surface area contributed by atoms with E-state index in [1.54, 1.807) is 0 Å². The van der Waals surface area contributed by atoms with Crippen molar-refractivity contribution in [3.05, 3.63) is 0 Å². The highest BCUT2D eigenvalue weighted by atomic mass is 16.2. The van der Waals surface area contributed by atoms with Gasteiger partial charge in [0.25, 0.3) is 0 Å². The van der Waals surface area contributed by atoms with Crippen LogP contribution in [0.25, 0.3) is 0 Å². The predicted molar refractivity (Wildman–Crippen MR) is 68.4 cm³/mol. The normalized spacial score (nSPS) is 20.2. The summed E-state index contributed by atoms with van der Waals surface area (Å²) in [7, 11) is 0. The van der Waals surface area contributed by atoms with Crippen molar-refractivity contribution in [2.24, 2.45) is 0 Å². The molecule has 1 aliphatic rings. The lowest BCUT2D eigenvalue weighted by Crippen LogP contribution is -2.45. The Morgan fingerprint density at radius 3 is 2.19 bits per heavy atom. The molecule has 0 saturated heterocycles. The molecular formula is C14H27NO. The SMILES string of the molecule is CCC(=O)N(C(C)CC)C1CCCCCC1. The lowest BCUT2D eigenvalue weighted by Gasteiger charge is -2.36. The van der Waals surface area contributed by atoms with Crippen LogP contribution in [0.15, 0.2) is 0 Å². The van der Waals surface area contributed by atoms with Gasteiger partial charge in [0.2, 0.25) is 5.91 Å². The third-order valence-electron chi connectivity index (χ3n) is 3.87. The molecule has 16 heavy (non-hydrogen) atoms. The molecule has 0 aromatic carbocycles. The maximum absolute atomic E-state index is 12.0. The quantitative estimate of drug-likeness (QED) is 0.667. The van der Waals surface area contributed by atoms with E-state index in [0.717, 1.165) is 6.42 Å². The first-order valence-electron chi connectivity index (χ1n) is 7.01. The average Bonchev–Trinajstić information content (AvgIpc) is 2.57. The molecule has 1 unspecified atom stereocenters. The van der Waals surface area contributed by atoms with Gasteiger partial charge in [0.15, 0.2) is 0 Å². The minimum absolute atomic E-state index is 0.348. The van der Waals surface area contributed by atoms with E-state index in [2.05, 4.69) is 18.7 Å². The Hall–Kier alpha value is -0.530. The summed E-state index contributed by atoms with van der Waals surface area (Å²) in [6, 6.07) is 0.931. The molecule has 0 N–H and O–H groups in total. The van der Waals surface area contributed by atoms with Crippen molar-refractivity contribution in [3.63, 3.8) is 0 Å². The van der Waals surface area contributed by atoms with Gasteiger partial charge in [0, 0.05) is 18.5 Å². The molecule has 0 aliphatic heterocycles. The van der Waals surface area contributed by atoms with E-state index in [1.165, 1.54) is 38.5 Å². The van der Waals surface area contributed by atoms with E-state index in [-0.39, 0.29) is 0 Å². The molecule has 0 heterocycles.